The number of hydrogen-bond donors (Lipinski definition) is 2. The number of nitrogens with two attached hydrogens (primary N) is 1. The van der Waals surface area contributed by atoms with E-state index >= 15 is 0 Å². The molecule has 20 heavy (non-hydrogen) atoms. The van der Waals surface area contributed by atoms with Crippen LogP contribution in [0.25, 0.3) is 0 Å². The summed E-state index contributed by atoms with van der Waals surface area (Å²) in [6.45, 7) is 0.307. The predicted octanol–water partition coefficient (Wildman–Crippen LogP) is 3.27. The van der Waals surface area contributed by atoms with Gasteiger partial charge in [0.1, 0.15) is 4.90 Å². The average Bonchev–Trinajstić information content (AvgIpc) is 2.78. The normalized spacial score (nSPS) is 11.7. The number of hydrogen-bond acceptors (Lipinski definition) is 4. The quantitative estimate of drug-likeness (QED) is 0.763. The summed E-state index contributed by atoms with van der Waals surface area (Å²) in [6, 6.07) is 8.27. The Bertz CT molecular complexity index is 716. The van der Waals surface area contributed by atoms with Gasteiger partial charge in [-0.25, -0.2) is 13.1 Å². The van der Waals surface area contributed by atoms with Gasteiger partial charge in [0.2, 0.25) is 10.0 Å². The molecule has 0 bridgehead atoms. The molecule has 1 heterocycles. The van der Waals surface area contributed by atoms with Crippen LogP contribution in [0.5, 0.6) is 0 Å². The third kappa shape index (κ3) is 3.95. The lowest BCUT2D eigenvalue weighted by atomic mass is 10.3. The van der Waals surface area contributed by atoms with E-state index in [-0.39, 0.29) is 10.6 Å². The fourth-order valence-electron chi connectivity index (χ4n) is 1.61. The standard InChI is InChI=1S/C12H12BrClN2O2S2/c13-12-4-2-9(19-12)5-6-16-20(17,18)11-7-8(14)1-3-10(11)15/h1-4,7,16H,5-6,15H2. The molecule has 3 N–H and O–H groups in total. The number of thiophene rings is 1. The van der Waals surface area contributed by atoms with Crippen molar-refractivity contribution < 1.29 is 8.42 Å². The molecule has 1 aromatic carbocycles. The zero-order valence-corrected chi connectivity index (χ0v) is 14.2. The molecule has 0 spiro atoms. The van der Waals surface area contributed by atoms with Crippen LogP contribution in [0, 0.1) is 0 Å². The van der Waals surface area contributed by atoms with Gasteiger partial charge in [-0.05, 0) is 52.7 Å². The maximum Gasteiger partial charge on any atom is 0.242 e. The first-order chi connectivity index (χ1) is 9.38. The third-order valence-corrected chi connectivity index (χ3v) is 5.99. The SMILES string of the molecule is Nc1ccc(Cl)cc1S(=O)(=O)NCCc1ccc(Br)s1. The van der Waals surface area contributed by atoms with Crippen LogP contribution in [0.1, 0.15) is 4.88 Å². The van der Waals surface area contributed by atoms with Crippen LogP contribution < -0.4 is 10.5 Å². The Morgan fingerprint density at radius 1 is 1.30 bits per heavy atom. The number of halogens is 2. The first kappa shape index (κ1) is 15.8. The van der Waals surface area contributed by atoms with Crippen molar-refractivity contribution in [2.75, 3.05) is 12.3 Å². The van der Waals surface area contributed by atoms with Gasteiger partial charge in [-0.1, -0.05) is 11.6 Å². The minimum Gasteiger partial charge on any atom is -0.398 e. The van der Waals surface area contributed by atoms with Gasteiger partial charge in [0.25, 0.3) is 0 Å². The van der Waals surface area contributed by atoms with Crippen molar-refractivity contribution in [3.63, 3.8) is 0 Å². The van der Waals surface area contributed by atoms with Crippen LogP contribution in [0.4, 0.5) is 5.69 Å². The highest BCUT2D eigenvalue weighted by Gasteiger charge is 2.17. The van der Waals surface area contributed by atoms with E-state index in [1.165, 1.54) is 12.1 Å². The van der Waals surface area contributed by atoms with E-state index < -0.39 is 10.0 Å². The molecule has 1 aromatic heterocycles. The van der Waals surface area contributed by atoms with Gasteiger partial charge in [0, 0.05) is 16.4 Å². The molecule has 2 aromatic rings. The van der Waals surface area contributed by atoms with Crippen LogP contribution in [-0.2, 0) is 16.4 Å². The summed E-state index contributed by atoms with van der Waals surface area (Å²) in [5, 5.41) is 0.335. The molecule has 0 saturated carbocycles. The monoisotopic (exact) mass is 394 g/mol. The summed E-state index contributed by atoms with van der Waals surface area (Å²) >= 11 is 10.7. The van der Waals surface area contributed by atoms with E-state index in [1.807, 2.05) is 12.1 Å². The predicted molar refractivity (Wildman–Crippen MR) is 86.8 cm³/mol. The molecule has 0 radical (unpaired) electrons. The Morgan fingerprint density at radius 3 is 2.70 bits per heavy atom. The zero-order chi connectivity index (χ0) is 14.8. The van der Waals surface area contributed by atoms with Gasteiger partial charge in [0.15, 0.2) is 0 Å². The maximum atomic E-state index is 12.1. The largest absolute Gasteiger partial charge is 0.398 e. The van der Waals surface area contributed by atoms with Crippen LogP contribution in [0.2, 0.25) is 5.02 Å². The molecule has 0 fully saturated rings. The van der Waals surface area contributed by atoms with Crippen LogP contribution >= 0.6 is 38.9 Å². The fraction of sp³-hybridized carbons (Fsp3) is 0.167. The van der Waals surface area contributed by atoms with Crippen molar-refractivity contribution in [1.29, 1.82) is 0 Å². The van der Waals surface area contributed by atoms with Crippen molar-refractivity contribution >= 4 is 54.6 Å². The average molecular weight is 396 g/mol. The molecular weight excluding hydrogens is 384 g/mol. The minimum absolute atomic E-state index is 0.0114. The zero-order valence-electron chi connectivity index (χ0n) is 10.3. The van der Waals surface area contributed by atoms with E-state index in [9.17, 15) is 8.42 Å². The number of anilines is 1. The van der Waals surface area contributed by atoms with E-state index in [2.05, 4.69) is 20.7 Å². The second-order valence-electron chi connectivity index (χ2n) is 4.04. The van der Waals surface area contributed by atoms with E-state index in [0.29, 0.717) is 18.0 Å². The minimum atomic E-state index is -3.64. The lowest BCUT2D eigenvalue weighted by Crippen LogP contribution is -2.26. The smallest absolute Gasteiger partial charge is 0.242 e. The molecule has 4 nitrogen and oxygen atoms in total. The first-order valence-electron chi connectivity index (χ1n) is 5.67. The molecule has 0 atom stereocenters. The van der Waals surface area contributed by atoms with Crippen LogP contribution in [-0.4, -0.2) is 15.0 Å². The molecule has 0 unspecified atom stereocenters. The maximum absolute atomic E-state index is 12.1. The van der Waals surface area contributed by atoms with Crippen LogP contribution in [0.15, 0.2) is 39.0 Å². The van der Waals surface area contributed by atoms with E-state index in [1.54, 1.807) is 17.4 Å². The molecular formula is C12H12BrClN2O2S2. The van der Waals surface area contributed by atoms with Gasteiger partial charge in [-0.3, -0.25) is 0 Å². The van der Waals surface area contributed by atoms with Crippen molar-refractivity contribution in [3.8, 4) is 0 Å². The van der Waals surface area contributed by atoms with Gasteiger partial charge in [-0.2, -0.15) is 0 Å². The summed E-state index contributed by atoms with van der Waals surface area (Å²) in [4.78, 5) is 1.11. The van der Waals surface area contributed by atoms with Gasteiger partial charge < -0.3 is 5.73 Å². The van der Waals surface area contributed by atoms with Crippen molar-refractivity contribution in [3.05, 3.63) is 44.0 Å². The lowest BCUT2D eigenvalue weighted by molar-refractivity contribution is 0.582. The summed E-state index contributed by atoms with van der Waals surface area (Å²) in [5.41, 5.74) is 5.86. The molecule has 0 aliphatic rings. The van der Waals surface area contributed by atoms with Crippen molar-refractivity contribution in [2.45, 2.75) is 11.3 Å². The van der Waals surface area contributed by atoms with Gasteiger partial charge >= 0.3 is 0 Å². The molecule has 0 aliphatic heterocycles. The molecule has 2 rings (SSSR count). The topological polar surface area (TPSA) is 72.2 Å². The number of nitrogens with one attached hydrogen (secondary N) is 1. The summed E-state index contributed by atoms with van der Waals surface area (Å²) in [7, 11) is -3.64. The molecule has 108 valence electrons. The molecule has 0 aliphatic carbocycles. The number of sulfonamides is 1. The Morgan fingerprint density at radius 2 is 2.05 bits per heavy atom. The Hall–Kier alpha value is -0.600. The Kier molecular flexibility index (Phi) is 5.09. The second kappa shape index (κ2) is 6.44. The number of benzene rings is 1. The Balaban J connectivity index is 2.06. The highest BCUT2D eigenvalue weighted by Crippen LogP contribution is 2.24. The number of rotatable bonds is 5. The molecule has 0 saturated heterocycles. The van der Waals surface area contributed by atoms with Crippen molar-refractivity contribution in [1.82, 2.24) is 4.72 Å². The summed E-state index contributed by atoms with van der Waals surface area (Å²) in [5.74, 6) is 0. The van der Waals surface area contributed by atoms with Gasteiger partial charge in [0.05, 0.1) is 9.47 Å². The lowest BCUT2D eigenvalue weighted by Gasteiger charge is -2.09. The number of nitrogen functional groups attached to an aromatic ring is 1. The second-order valence-corrected chi connectivity index (χ2v) is 8.76. The fourth-order valence-corrected chi connectivity index (χ4v) is 4.52. The highest BCUT2D eigenvalue weighted by atomic mass is 79.9. The van der Waals surface area contributed by atoms with Gasteiger partial charge in [-0.15, -0.1) is 11.3 Å². The van der Waals surface area contributed by atoms with Crippen LogP contribution in [0.3, 0.4) is 0 Å². The molecule has 8 heteroatoms. The van der Waals surface area contributed by atoms with Crippen molar-refractivity contribution in [2.24, 2.45) is 0 Å². The summed E-state index contributed by atoms with van der Waals surface area (Å²) < 4.78 is 27.8. The Labute approximate surface area is 135 Å². The first-order valence-corrected chi connectivity index (χ1v) is 9.14. The molecule has 0 amide bonds. The van der Waals surface area contributed by atoms with E-state index in [0.717, 1.165) is 8.66 Å². The van der Waals surface area contributed by atoms with E-state index in [4.69, 9.17) is 17.3 Å². The highest BCUT2D eigenvalue weighted by molar-refractivity contribution is 9.11. The third-order valence-electron chi connectivity index (χ3n) is 2.56. The summed E-state index contributed by atoms with van der Waals surface area (Å²) in [6.07, 6.45) is 0.621.